The van der Waals surface area contributed by atoms with E-state index in [1.165, 1.54) is 6.92 Å². The average Bonchev–Trinajstić information content (AvgIpc) is 2.80. The van der Waals surface area contributed by atoms with Crippen LogP contribution in [0.3, 0.4) is 0 Å². The first-order valence-electron chi connectivity index (χ1n) is 9.48. The fourth-order valence-electron chi connectivity index (χ4n) is 2.91. The van der Waals surface area contributed by atoms with Gasteiger partial charge in [-0.15, -0.1) is 0 Å². The Balaban J connectivity index is 2.50. The quantitative estimate of drug-likeness (QED) is 0.422. The van der Waals surface area contributed by atoms with Gasteiger partial charge >= 0.3 is 0 Å². The molecule has 0 aromatic rings. The zero-order chi connectivity index (χ0) is 20.8. The van der Waals surface area contributed by atoms with Crippen molar-refractivity contribution >= 4 is 5.78 Å². The second-order valence-corrected chi connectivity index (χ2v) is 7.59. The molecule has 5 heteroatoms. The minimum absolute atomic E-state index is 0.0237. The van der Waals surface area contributed by atoms with Gasteiger partial charge in [-0.1, -0.05) is 36.8 Å². The van der Waals surface area contributed by atoms with Gasteiger partial charge in [0, 0.05) is 24.8 Å². The molecule has 4 atom stereocenters. The van der Waals surface area contributed by atoms with Gasteiger partial charge in [0.1, 0.15) is 5.76 Å². The third kappa shape index (κ3) is 6.76. The molecule has 0 radical (unpaired) electrons. The van der Waals surface area contributed by atoms with Crippen molar-refractivity contribution in [3.8, 4) is 0 Å². The van der Waals surface area contributed by atoms with Crippen molar-refractivity contribution in [2.24, 2.45) is 5.92 Å². The summed E-state index contributed by atoms with van der Waals surface area (Å²) in [6.45, 7) is 10.7. The molecule has 0 spiro atoms. The number of hydrogen-bond acceptors (Lipinski definition) is 5. The van der Waals surface area contributed by atoms with E-state index in [9.17, 15) is 20.1 Å². The van der Waals surface area contributed by atoms with Crippen molar-refractivity contribution in [3.63, 3.8) is 0 Å². The summed E-state index contributed by atoms with van der Waals surface area (Å²) in [5.74, 6) is -1.88. The number of ether oxygens (including phenoxy) is 1. The Labute approximate surface area is 162 Å². The van der Waals surface area contributed by atoms with Crippen molar-refractivity contribution < 1.29 is 24.9 Å². The molecule has 3 N–H and O–H groups in total. The Morgan fingerprint density at radius 2 is 1.93 bits per heavy atom. The molecule has 1 rings (SSSR count). The zero-order valence-electron chi connectivity index (χ0n) is 17.3. The summed E-state index contributed by atoms with van der Waals surface area (Å²) in [5, 5.41) is 30.2. The smallest absolute Gasteiger partial charge is 0.269 e. The lowest BCUT2D eigenvalue weighted by Crippen LogP contribution is -2.32. The normalized spacial score (nSPS) is 25.1. The lowest BCUT2D eigenvalue weighted by molar-refractivity contribution is -0.171. The second-order valence-electron chi connectivity index (χ2n) is 7.59. The van der Waals surface area contributed by atoms with Gasteiger partial charge in [-0.05, 0) is 46.1 Å². The van der Waals surface area contributed by atoms with Gasteiger partial charge in [-0.25, -0.2) is 0 Å². The fourth-order valence-corrected chi connectivity index (χ4v) is 2.91. The van der Waals surface area contributed by atoms with Crippen molar-refractivity contribution in [2.45, 2.75) is 78.8 Å². The maximum atomic E-state index is 11.8. The van der Waals surface area contributed by atoms with E-state index in [0.717, 1.165) is 11.1 Å². The molecule has 0 fully saturated rings. The highest BCUT2D eigenvalue weighted by molar-refractivity contribution is 6.02. The Hall–Kier alpha value is -1.69. The second kappa shape index (κ2) is 10.0. The molecule has 0 saturated carbocycles. The average molecular weight is 379 g/mol. The molecular formula is C22H34O5. The summed E-state index contributed by atoms with van der Waals surface area (Å²) in [4.78, 5) is 11.8. The number of aliphatic hydroxyl groups excluding tert-OH is 2. The van der Waals surface area contributed by atoms with Gasteiger partial charge in [-0.2, -0.15) is 0 Å². The molecule has 0 saturated heterocycles. The zero-order valence-corrected chi connectivity index (χ0v) is 17.3. The monoisotopic (exact) mass is 378 g/mol. The van der Waals surface area contributed by atoms with Gasteiger partial charge in [0.2, 0.25) is 5.78 Å². The molecule has 1 aliphatic rings. The van der Waals surface area contributed by atoms with Gasteiger partial charge in [-0.3, -0.25) is 4.79 Å². The highest BCUT2D eigenvalue weighted by atomic mass is 16.6. The van der Waals surface area contributed by atoms with Gasteiger partial charge in [0.25, 0.3) is 5.79 Å². The number of carbonyl (C=O) groups is 1. The summed E-state index contributed by atoms with van der Waals surface area (Å²) in [6.07, 6.45) is 8.10. The van der Waals surface area contributed by atoms with Crippen LogP contribution in [0.2, 0.25) is 0 Å². The number of Topliss-reactive ketones (excluding diaryl/α,β-unsaturated/α-hetero) is 1. The Morgan fingerprint density at radius 1 is 1.30 bits per heavy atom. The van der Waals surface area contributed by atoms with Crippen LogP contribution < -0.4 is 0 Å². The van der Waals surface area contributed by atoms with Crippen LogP contribution >= 0.6 is 0 Å². The van der Waals surface area contributed by atoms with E-state index in [4.69, 9.17) is 4.74 Å². The molecule has 152 valence electrons. The predicted octanol–water partition coefficient (Wildman–Crippen LogP) is 3.57. The number of rotatable bonds is 9. The van der Waals surface area contributed by atoms with Crippen LogP contribution in [-0.4, -0.2) is 39.1 Å². The van der Waals surface area contributed by atoms with Gasteiger partial charge < -0.3 is 20.1 Å². The molecule has 4 unspecified atom stereocenters. The molecule has 27 heavy (non-hydrogen) atoms. The minimum atomic E-state index is -1.81. The summed E-state index contributed by atoms with van der Waals surface area (Å²) in [5.41, 5.74) is 2.43. The van der Waals surface area contributed by atoms with Crippen LogP contribution in [-0.2, 0) is 9.53 Å². The van der Waals surface area contributed by atoms with E-state index < -0.39 is 23.8 Å². The Morgan fingerprint density at radius 3 is 2.44 bits per heavy atom. The van der Waals surface area contributed by atoms with E-state index in [1.54, 1.807) is 6.92 Å². The fraction of sp³-hybridized carbons (Fsp3) is 0.591. The van der Waals surface area contributed by atoms with Crippen molar-refractivity contribution in [2.75, 3.05) is 0 Å². The number of carbonyl (C=O) groups excluding carboxylic acids is 1. The standard InChI is InChI=1S/C22H34O5/c1-7-15(3)20(24)16(4)10-8-9-14(2)11-12-18(23)13-19-17(5)21(25)22(6,26)27-19/h7-10,16,18,20,23-24,26H,11-13H2,1-6H3/b10-8+,14-9+,15-7+. The van der Waals surface area contributed by atoms with Crippen molar-refractivity contribution in [1.29, 1.82) is 0 Å². The summed E-state index contributed by atoms with van der Waals surface area (Å²) in [7, 11) is 0. The van der Waals surface area contributed by atoms with Crippen molar-refractivity contribution in [3.05, 3.63) is 46.8 Å². The molecular weight excluding hydrogens is 344 g/mol. The van der Waals surface area contributed by atoms with Crippen LogP contribution in [0.25, 0.3) is 0 Å². The van der Waals surface area contributed by atoms with Crippen LogP contribution in [0.1, 0.15) is 60.8 Å². The number of hydrogen-bond donors (Lipinski definition) is 3. The van der Waals surface area contributed by atoms with E-state index >= 15 is 0 Å². The lowest BCUT2D eigenvalue weighted by Gasteiger charge is -2.18. The summed E-state index contributed by atoms with van der Waals surface area (Å²) in [6, 6.07) is 0. The predicted molar refractivity (Wildman–Crippen MR) is 107 cm³/mol. The van der Waals surface area contributed by atoms with Gasteiger partial charge in [0.05, 0.1) is 12.2 Å². The lowest BCUT2D eigenvalue weighted by atomic mass is 9.97. The molecule has 5 nitrogen and oxygen atoms in total. The maximum Gasteiger partial charge on any atom is 0.269 e. The van der Waals surface area contributed by atoms with E-state index in [-0.39, 0.29) is 12.3 Å². The maximum absolute atomic E-state index is 11.8. The van der Waals surface area contributed by atoms with Crippen LogP contribution in [0.5, 0.6) is 0 Å². The first kappa shape index (κ1) is 23.3. The van der Waals surface area contributed by atoms with E-state index in [2.05, 4.69) is 0 Å². The molecule has 0 aliphatic carbocycles. The molecule has 1 aliphatic heterocycles. The number of aliphatic hydroxyl groups is 3. The molecule has 1 heterocycles. The first-order chi connectivity index (χ1) is 12.5. The Kier molecular flexibility index (Phi) is 8.66. The molecule has 0 bridgehead atoms. The first-order valence-corrected chi connectivity index (χ1v) is 9.48. The number of allylic oxidation sites excluding steroid dienone is 4. The summed E-state index contributed by atoms with van der Waals surface area (Å²) < 4.78 is 5.26. The van der Waals surface area contributed by atoms with Gasteiger partial charge in [0.15, 0.2) is 0 Å². The van der Waals surface area contributed by atoms with Crippen LogP contribution in [0.15, 0.2) is 46.8 Å². The third-order valence-electron chi connectivity index (χ3n) is 5.01. The summed E-state index contributed by atoms with van der Waals surface area (Å²) >= 11 is 0. The van der Waals surface area contributed by atoms with Crippen LogP contribution in [0, 0.1) is 5.92 Å². The van der Waals surface area contributed by atoms with E-state index in [0.29, 0.717) is 24.2 Å². The van der Waals surface area contributed by atoms with Crippen molar-refractivity contribution in [1.82, 2.24) is 0 Å². The topological polar surface area (TPSA) is 87.0 Å². The Bertz CT molecular complexity index is 652. The highest BCUT2D eigenvalue weighted by Crippen LogP contribution is 2.31. The molecule has 0 amide bonds. The minimum Gasteiger partial charge on any atom is -0.459 e. The third-order valence-corrected chi connectivity index (χ3v) is 5.01. The molecule has 0 aromatic carbocycles. The largest absolute Gasteiger partial charge is 0.459 e. The van der Waals surface area contributed by atoms with E-state index in [1.807, 2.05) is 52.0 Å². The highest BCUT2D eigenvalue weighted by Gasteiger charge is 2.42. The number of ketones is 1. The molecule has 0 aromatic heterocycles. The SMILES string of the molecule is C/C=C(\C)C(O)C(C)/C=C/C=C(\C)CCC(O)CC1=C(C)C(=O)C(C)(O)O1. The van der Waals surface area contributed by atoms with Crippen LogP contribution in [0.4, 0.5) is 0 Å².